The van der Waals surface area contributed by atoms with E-state index in [1.165, 1.54) is 0 Å². The standard InChI is InChI=1S/C10H9BrF3NO3.ClH/c1-18-9(17)7(15)5-2-4(11)3-6(8(5)16)10(12,13)14;/h2-3,7,16H,15H2,1H3;1H/t7-;/m1./s1. The van der Waals surface area contributed by atoms with E-state index in [0.29, 0.717) is 6.07 Å². The fourth-order valence-electron chi connectivity index (χ4n) is 1.33. The van der Waals surface area contributed by atoms with Crippen LogP contribution in [0.5, 0.6) is 5.75 Å². The fraction of sp³-hybridized carbons (Fsp3) is 0.300. The Morgan fingerprint density at radius 3 is 2.42 bits per heavy atom. The van der Waals surface area contributed by atoms with Crippen molar-refractivity contribution >= 4 is 34.3 Å². The Labute approximate surface area is 121 Å². The van der Waals surface area contributed by atoms with E-state index in [4.69, 9.17) is 5.73 Å². The molecule has 108 valence electrons. The van der Waals surface area contributed by atoms with Crippen LogP contribution in [0.2, 0.25) is 0 Å². The Bertz CT molecular complexity index is 482. The Balaban J connectivity index is 0.00000324. The number of nitrogens with two attached hydrogens (primary N) is 1. The number of hydrogen-bond acceptors (Lipinski definition) is 4. The molecule has 0 aromatic heterocycles. The molecule has 4 nitrogen and oxygen atoms in total. The second kappa shape index (κ2) is 6.44. The maximum Gasteiger partial charge on any atom is 0.420 e. The number of methoxy groups -OCH3 is 1. The lowest BCUT2D eigenvalue weighted by Gasteiger charge is -2.16. The highest BCUT2D eigenvalue weighted by atomic mass is 79.9. The van der Waals surface area contributed by atoms with E-state index in [1.54, 1.807) is 0 Å². The van der Waals surface area contributed by atoms with Crippen LogP contribution in [0, 0.1) is 0 Å². The third kappa shape index (κ3) is 3.99. The van der Waals surface area contributed by atoms with Gasteiger partial charge in [-0.05, 0) is 12.1 Å². The van der Waals surface area contributed by atoms with Gasteiger partial charge in [0.15, 0.2) is 0 Å². The van der Waals surface area contributed by atoms with Gasteiger partial charge in [0.2, 0.25) is 0 Å². The summed E-state index contributed by atoms with van der Waals surface area (Å²) in [5.74, 6) is -2.03. The summed E-state index contributed by atoms with van der Waals surface area (Å²) in [5, 5.41) is 9.54. The first-order valence-electron chi connectivity index (χ1n) is 4.61. The monoisotopic (exact) mass is 363 g/mol. The number of esters is 1. The van der Waals surface area contributed by atoms with Gasteiger partial charge < -0.3 is 15.6 Å². The smallest absolute Gasteiger partial charge is 0.420 e. The number of benzene rings is 1. The minimum absolute atomic E-state index is 0. The number of phenols is 1. The van der Waals surface area contributed by atoms with Crippen LogP contribution in [0.3, 0.4) is 0 Å². The molecule has 0 amide bonds. The lowest BCUT2D eigenvalue weighted by atomic mass is 10.0. The van der Waals surface area contributed by atoms with Crippen molar-refractivity contribution in [3.63, 3.8) is 0 Å². The van der Waals surface area contributed by atoms with Gasteiger partial charge >= 0.3 is 12.1 Å². The highest BCUT2D eigenvalue weighted by molar-refractivity contribution is 9.10. The molecular formula is C10H10BrClF3NO3. The molecule has 0 saturated carbocycles. The Morgan fingerprint density at radius 2 is 2.00 bits per heavy atom. The zero-order valence-corrected chi connectivity index (χ0v) is 11.9. The predicted molar refractivity (Wildman–Crippen MR) is 67.0 cm³/mol. The maximum absolute atomic E-state index is 12.6. The summed E-state index contributed by atoms with van der Waals surface area (Å²) in [7, 11) is 1.04. The van der Waals surface area contributed by atoms with Crippen molar-refractivity contribution in [2.24, 2.45) is 5.73 Å². The molecule has 0 fully saturated rings. The fourth-order valence-corrected chi connectivity index (χ4v) is 1.80. The zero-order chi connectivity index (χ0) is 14.1. The molecule has 1 aromatic carbocycles. The van der Waals surface area contributed by atoms with Crippen LogP contribution < -0.4 is 5.73 Å². The largest absolute Gasteiger partial charge is 0.507 e. The van der Waals surface area contributed by atoms with Crippen LogP contribution in [0.15, 0.2) is 16.6 Å². The van der Waals surface area contributed by atoms with E-state index < -0.39 is 29.5 Å². The minimum Gasteiger partial charge on any atom is -0.507 e. The molecule has 1 rings (SSSR count). The molecule has 9 heteroatoms. The van der Waals surface area contributed by atoms with Crippen LogP contribution in [-0.4, -0.2) is 18.2 Å². The van der Waals surface area contributed by atoms with Crippen LogP contribution in [0.4, 0.5) is 13.2 Å². The van der Waals surface area contributed by atoms with Gasteiger partial charge in [-0.25, -0.2) is 0 Å². The molecule has 0 radical (unpaired) electrons. The average molecular weight is 365 g/mol. The van der Waals surface area contributed by atoms with Crippen molar-refractivity contribution in [2.75, 3.05) is 7.11 Å². The van der Waals surface area contributed by atoms with Crippen molar-refractivity contribution in [3.05, 3.63) is 27.7 Å². The lowest BCUT2D eigenvalue weighted by Crippen LogP contribution is -2.23. The van der Waals surface area contributed by atoms with Gasteiger partial charge in [-0.3, -0.25) is 4.79 Å². The summed E-state index contributed by atoms with van der Waals surface area (Å²) in [4.78, 5) is 11.2. The number of ether oxygens (including phenoxy) is 1. The van der Waals surface area contributed by atoms with E-state index in [-0.39, 0.29) is 22.4 Å². The van der Waals surface area contributed by atoms with Crippen LogP contribution in [0.25, 0.3) is 0 Å². The first-order valence-corrected chi connectivity index (χ1v) is 5.40. The zero-order valence-electron chi connectivity index (χ0n) is 9.49. The van der Waals surface area contributed by atoms with Gasteiger partial charge in [0.05, 0.1) is 12.7 Å². The first kappa shape index (κ1) is 18.0. The molecule has 0 unspecified atom stereocenters. The number of hydrogen-bond donors (Lipinski definition) is 2. The second-order valence-corrected chi connectivity index (χ2v) is 4.31. The van der Waals surface area contributed by atoms with E-state index in [0.717, 1.165) is 13.2 Å². The highest BCUT2D eigenvalue weighted by Gasteiger charge is 2.36. The van der Waals surface area contributed by atoms with Crippen molar-refractivity contribution in [2.45, 2.75) is 12.2 Å². The number of alkyl halides is 3. The Kier molecular flexibility index (Phi) is 6.11. The molecule has 0 heterocycles. The number of carbonyl (C=O) groups is 1. The quantitative estimate of drug-likeness (QED) is 0.792. The van der Waals surface area contributed by atoms with Gasteiger partial charge in [0, 0.05) is 10.0 Å². The summed E-state index contributed by atoms with van der Waals surface area (Å²) < 4.78 is 42.2. The summed E-state index contributed by atoms with van der Waals surface area (Å²) in [6.07, 6.45) is -4.75. The number of rotatable bonds is 2. The van der Waals surface area contributed by atoms with E-state index in [1.807, 2.05) is 0 Å². The molecule has 0 spiro atoms. The summed E-state index contributed by atoms with van der Waals surface area (Å²) in [5.41, 5.74) is 3.78. The number of halogens is 5. The summed E-state index contributed by atoms with van der Waals surface area (Å²) >= 11 is 2.86. The lowest BCUT2D eigenvalue weighted by molar-refractivity contribution is -0.143. The van der Waals surface area contributed by atoms with Crippen LogP contribution in [0.1, 0.15) is 17.2 Å². The minimum atomic E-state index is -4.75. The van der Waals surface area contributed by atoms with E-state index in [9.17, 15) is 23.1 Å². The highest BCUT2D eigenvalue weighted by Crippen LogP contribution is 2.41. The van der Waals surface area contributed by atoms with Crippen LogP contribution in [-0.2, 0) is 15.7 Å². The molecule has 0 aliphatic carbocycles. The van der Waals surface area contributed by atoms with Crippen molar-refractivity contribution < 1.29 is 27.8 Å². The van der Waals surface area contributed by atoms with Crippen LogP contribution >= 0.6 is 28.3 Å². The third-order valence-corrected chi connectivity index (χ3v) is 2.66. The maximum atomic E-state index is 12.6. The SMILES string of the molecule is COC(=O)[C@H](N)c1cc(Br)cc(C(F)(F)F)c1O.Cl. The normalized spacial score (nSPS) is 12.5. The van der Waals surface area contributed by atoms with Crippen molar-refractivity contribution in [3.8, 4) is 5.75 Å². The number of phenolic OH excluding ortho intramolecular Hbond substituents is 1. The molecule has 1 atom stereocenters. The van der Waals surface area contributed by atoms with Crippen molar-refractivity contribution in [1.29, 1.82) is 0 Å². The van der Waals surface area contributed by atoms with Gasteiger partial charge in [-0.2, -0.15) is 13.2 Å². The predicted octanol–water partition coefficient (Wildman–Crippen LogP) is 2.77. The number of aromatic hydroxyl groups is 1. The second-order valence-electron chi connectivity index (χ2n) is 3.39. The van der Waals surface area contributed by atoms with E-state index in [2.05, 4.69) is 20.7 Å². The molecule has 0 aliphatic rings. The molecule has 0 aliphatic heterocycles. The van der Waals surface area contributed by atoms with E-state index >= 15 is 0 Å². The molecule has 19 heavy (non-hydrogen) atoms. The average Bonchev–Trinajstić information content (AvgIpc) is 2.28. The third-order valence-electron chi connectivity index (χ3n) is 2.20. The summed E-state index contributed by atoms with van der Waals surface area (Å²) in [6.45, 7) is 0. The van der Waals surface area contributed by atoms with Gasteiger partial charge in [0.1, 0.15) is 11.8 Å². The Hall–Kier alpha value is -0.990. The molecule has 0 bridgehead atoms. The first-order chi connectivity index (χ1) is 8.18. The number of carbonyl (C=O) groups excluding carboxylic acids is 1. The molecule has 1 aromatic rings. The van der Waals surface area contributed by atoms with Crippen molar-refractivity contribution in [1.82, 2.24) is 0 Å². The Morgan fingerprint density at radius 1 is 1.47 bits per heavy atom. The molecule has 0 saturated heterocycles. The van der Waals surface area contributed by atoms with Gasteiger partial charge in [0.25, 0.3) is 0 Å². The van der Waals surface area contributed by atoms with Gasteiger partial charge in [-0.1, -0.05) is 15.9 Å². The molecule has 3 N–H and O–H groups in total. The van der Waals surface area contributed by atoms with Gasteiger partial charge in [-0.15, -0.1) is 12.4 Å². The summed E-state index contributed by atoms with van der Waals surface area (Å²) in [6, 6.07) is 0.336. The topological polar surface area (TPSA) is 72.5 Å². The molecular weight excluding hydrogens is 354 g/mol.